The van der Waals surface area contributed by atoms with Gasteiger partial charge in [-0.3, -0.25) is 0 Å². The van der Waals surface area contributed by atoms with Gasteiger partial charge in [-0.15, -0.1) is 0 Å². The first-order valence-corrected chi connectivity index (χ1v) is 8.66. The molecule has 6 nitrogen and oxygen atoms in total. The standard InChI is InChI=1S/C15H22N2O4S/c1-10-4-5-13(15(18)21-3)7-14(10)22(19,20)17-9-12(8-16)6-11(17)2/h4-5,7,11-12H,6,8-9,16H2,1-3H3. The van der Waals surface area contributed by atoms with Crippen molar-refractivity contribution >= 4 is 16.0 Å². The van der Waals surface area contributed by atoms with Gasteiger partial charge in [0.2, 0.25) is 10.0 Å². The van der Waals surface area contributed by atoms with E-state index in [0.717, 1.165) is 6.42 Å². The van der Waals surface area contributed by atoms with Crippen molar-refractivity contribution in [3.05, 3.63) is 29.3 Å². The van der Waals surface area contributed by atoms with E-state index in [-0.39, 0.29) is 22.4 Å². The molecular formula is C15H22N2O4S. The molecule has 0 saturated carbocycles. The zero-order valence-electron chi connectivity index (χ0n) is 13.1. The molecule has 1 aliphatic rings. The number of rotatable bonds is 4. The van der Waals surface area contributed by atoms with Gasteiger partial charge in [0.15, 0.2) is 0 Å². The average Bonchev–Trinajstić information content (AvgIpc) is 2.88. The lowest BCUT2D eigenvalue weighted by atomic mass is 10.1. The molecule has 122 valence electrons. The topological polar surface area (TPSA) is 89.7 Å². The fraction of sp³-hybridized carbons (Fsp3) is 0.533. The number of aryl methyl sites for hydroxylation is 1. The van der Waals surface area contributed by atoms with Crippen LogP contribution in [0.15, 0.2) is 23.1 Å². The molecule has 1 fully saturated rings. The molecule has 2 atom stereocenters. The third-order valence-electron chi connectivity index (χ3n) is 4.13. The number of ether oxygens (including phenoxy) is 1. The first-order chi connectivity index (χ1) is 10.3. The molecule has 22 heavy (non-hydrogen) atoms. The molecule has 2 unspecified atom stereocenters. The number of esters is 1. The van der Waals surface area contributed by atoms with Crippen LogP contribution in [0.4, 0.5) is 0 Å². The highest BCUT2D eigenvalue weighted by molar-refractivity contribution is 7.89. The van der Waals surface area contributed by atoms with Crippen molar-refractivity contribution in [3.8, 4) is 0 Å². The van der Waals surface area contributed by atoms with E-state index in [1.54, 1.807) is 19.1 Å². The van der Waals surface area contributed by atoms with Crippen LogP contribution in [0.1, 0.15) is 29.3 Å². The minimum atomic E-state index is -3.66. The molecule has 0 bridgehead atoms. The molecule has 0 amide bonds. The third kappa shape index (κ3) is 3.02. The number of hydrogen-bond donors (Lipinski definition) is 1. The van der Waals surface area contributed by atoms with E-state index in [2.05, 4.69) is 4.74 Å². The minimum Gasteiger partial charge on any atom is -0.465 e. The Balaban J connectivity index is 2.43. The van der Waals surface area contributed by atoms with Gasteiger partial charge in [-0.25, -0.2) is 13.2 Å². The van der Waals surface area contributed by atoms with Gasteiger partial charge in [0.1, 0.15) is 0 Å². The molecule has 1 saturated heterocycles. The van der Waals surface area contributed by atoms with Gasteiger partial charge >= 0.3 is 5.97 Å². The summed E-state index contributed by atoms with van der Waals surface area (Å²) < 4.78 is 32.0. The van der Waals surface area contributed by atoms with Gasteiger partial charge in [0, 0.05) is 12.6 Å². The Labute approximate surface area is 131 Å². The van der Waals surface area contributed by atoms with E-state index < -0.39 is 16.0 Å². The number of hydrogen-bond acceptors (Lipinski definition) is 5. The molecule has 1 heterocycles. The van der Waals surface area contributed by atoms with Gasteiger partial charge in [-0.2, -0.15) is 4.31 Å². The summed E-state index contributed by atoms with van der Waals surface area (Å²) in [4.78, 5) is 11.8. The molecule has 0 spiro atoms. The van der Waals surface area contributed by atoms with Crippen LogP contribution >= 0.6 is 0 Å². The van der Waals surface area contributed by atoms with E-state index in [1.807, 2.05) is 6.92 Å². The largest absolute Gasteiger partial charge is 0.465 e. The Hall–Kier alpha value is -1.44. The van der Waals surface area contributed by atoms with Crippen LogP contribution in [0.25, 0.3) is 0 Å². The van der Waals surface area contributed by atoms with Crippen LogP contribution in [0, 0.1) is 12.8 Å². The van der Waals surface area contributed by atoms with E-state index in [0.29, 0.717) is 18.7 Å². The summed E-state index contributed by atoms with van der Waals surface area (Å²) >= 11 is 0. The smallest absolute Gasteiger partial charge is 0.337 e. The summed E-state index contributed by atoms with van der Waals surface area (Å²) in [6, 6.07) is 4.48. The highest BCUT2D eigenvalue weighted by Gasteiger charge is 2.38. The Morgan fingerprint density at radius 2 is 2.14 bits per heavy atom. The first kappa shape index (κ1) is 16.9. The lowest BCUT2D eigenvalue weighted by Gasteiger charge is -2.22. The highest BCUT2D eigenvalue weighted by Crippen LogP contribution is 2.30. The summed E-state index contributed by atoms with van der Waals surface area (Å²) in [5.74, 6) is -0.375. The summed E-state index contributed by atoms with van der Waals surface area (Å²) in [5.41, 5.74) is 6.51. The van der Waals surface area contributed by atoms with Crippen molar-refractivity contribution in [1.82, 2.24) is 4.31 Å². The van der Waals surface area contributed by atoms with Gasteiger partial charge < -0.3 is 10.5 Å². The minimum absolute atomic E-state index is 0.0975. The third-order valence-corrected chi connectivity index (χ3v) is 6.26. The Morgan fingerprint density at radius 3 is 2.68 bits per heavy atom. The zero-order valence-corrected chi connectivity index (χ0v) is 13.9. The first-order valence-electron chi connectivity index (χ1n) is 7.22. The zero-order chi connectivity index (χ0) is 16.5. The fourth-order valence-corrected chi connectivity index (χ4v) is 4.83. The molecule has 7 heteroatoms. The second kappa shape index (κ2) is 6.36. The van der Waals surface area contributed by atoms with Crippen molar-refractivity contribution < 1.29 is 17.9 Å². The molecule has 1 aromatic carbocycles. The Bertz CT molecular complexity index is 672. The molecule has 0 aliphatic carbocycles. The molecule has 0 aromatic heterocycles. The maximum absolute atomic E-state index is 12.9. The Kier molecular flexibility index (Phi) is 4.89. The predicted octanol–water partition coefficient (Wildman–Crippen LogP) is 1.14. The lowest BCUT2D eigenvalue weighted by Crippen LogP contribution is -2.35. The van der Waals surface area contributed by atoms with Gasteiger partial charge in [-0.1, -0.05) is 6.07 Å². The number of methoxy groups -OCH3 is 1. The van der Waals surface area contributed by atoms with Crippen LogP contribution in [0.2, 0.25) is 0 Å². The molecule has 0 radical (unpaired) electrons. The van der Waals surface area contributed by atoms with Crippen molar-refractivity contribution in [2.24, 2.45) is 11.7 Å². The number of carbonyl (C=O) groups excluding carboxylic acids is 1. The molecule has 1 aliphatic heterocycles. The van der Waals surface area contributed by atoms with E-state index >= 15 is 0 Å². The van der Waals surface area contributed by atoms with Gasteiger partial charge in [-0.05, 0) is 50.4 Å². The Morgan fingerprint density at radius 1 is 1.45 bits per heavy atom. The maximum Gasteiger partial charge on any atom is 0.337 e. The van der Waals surface area contributed by atoms with E-state index in [1.165, 1.54) is 17.5 Å². The van der Waals surface area contributed by atoms with Gasteiger partial charge in [0.25, 0.3) is 0 Å². The number of carbonyl (C=O) groups is 1. The average molecular weight is 326 g/mol. The van der Waals surface area contributed by atoms with Crippen LogP contribution < -0.4 is 5.73 Å². The molecular weight excluding hydrogens is 304 g/mol. The van der Waals surface area contributed by atoms with Crippen LogP contribution in [0.3, 0.4) is 0 Å². The SMILES string of the molecule is COC(=O)c1ccc(C)c(S(=O)(=O)N2CC(CN)CC2C)c1. The van der Waals surface area contributed by atoms with Crippen molar-refractivity contribution in [2.45, 2.75) is 31.2 Å². The monoisotopic (exact) mass is 326 g/mol. The maximum atomic E-state index is 12.9. The second-order valence-corrected chi connectivity index (χ2v) is 7.59. The quantitative estimate of drug-likeness (QED) is 0.838. The second-order valence-electron chi connectivity index (χ2n) is 5.73. The summed E-state index contributed by atoms with van der Waals surface area (Å²) in [5, 5.41) is 0. The van der Waals surface area contributed by atoms with Crippen LogP contribution in [-0.2, 0) is 14.8 Å². The number of benzene rings is 1. The molecule has 2 rings (SSSR count). The predicted molar refractivity (Wildman–Crippen MR) is 83.0 cm³/mol. The van der Waals surface area contributed by atoms with E-state index in [9.17, 15) is 13.2 Å². The number of sulfonamides is 1. The summed E-state index contributed by atoms with van der Waals surface area (Å²) in [7, 11) is -2.39. The van der Waals surface area contributed by atoms with Crippen molar-refractivity contribution in [3.63, 3.8) is 0 Å². The fourth-order valence-electron chi connectivity index (χ4n) is 2.86. The number of nitrogens with zero attached hydrogens (tertiary/aromatic N) is 1. The summed E-state index contributed by atoms with van der Waals surface area (Å²) in [6.45, 7) is 4.49. The lowest BCUT2D eigenvalue weighted by molar-refractivity contribution is 0.0600. The van der Waals surface area contributed by atoms with Crippen LogP contribution in [-0.4, -0.2) is 44.9 Å². The number of nitrogens with two attached hydrogens (primary N) is 1. The summed E-state index contributed by atoms with van der Waals surface area (Å²) in [6.07, 6.45) is 0.755. The van der Waals surface area contributed by atoms with Gasteiger partial charge in [0.05, 0.1) is 17.6 Å². The van der Waals surface area contributed by atoms with Crippen LogP contribution in [0.5, 0.6) is 0 Å². The highest BCUT2D eigenvalue weighted by atomic mass is 32.2. The van der Waals surface area contributed by atoms with E-state index in [4.69, 9.17) is 5.73 Å². The molecule has 2 N–H and O–H groups in total. The normalized spacial score (nSPS) is 22.7. The molecule has 1 aromatic rings. The van der Waals surface area contributed by atoms with Crippen molar-refractivity contribution in [1.29, 1.82) is 0 Å². The van der Waals surface area contributed by atoms with Crippen molar-refractivity contribution in [2.75, 3.05) is 20.2 Å².